The molecule has 0 aliphatic rings. The van der Waals surface area contributed by atoms with Crippen LogP contribution in [0.1, 0.15) is 29.5 Å². The summed E-state index contributed by atoms with van der Waals surface area (Å²) in [7, 11) is 0. The van der Waals surface area contributed by atoms with Gasteiger partial charge in [0.1, 0.15) is 25.6 Å². The van der Waals surface area contributed by atoms with Crippen LogP contribution in [0.25, 0.3) is 0 Å². The molecule has 0 fully saturated rings. The molecule has 4 rings (SSSR count). The van der Waals surface area contributed by atoms with E-state index in [1.807, 2.05) is 18.2 Å². The van der Waals surface area contributed by atoms with E-state index < -0.39 is 48.8 Å². The van der Waals surface area contributed by atoms with Crippen molar-refractivity contribution in [3.05, 3.63) is 138 Å². The van der Waals surface area contributed by atoms with E-state index >= 15 is 0 Å². The van der Waals surface area contributed by atoms with Crippen LogP contribution in [0.15, 0.2) is 121 Å². The van der Waals surface area contributed by atoms with Gasteiger partial charge in [0.05, 0.1) is 12.8 Å². The first-order valence-electron chi connectivity index (χ1n) is 14.0. The van der Waals surface area contributed by atoms with Crippen molar-refractivity contribution in [2.24, 2.45) is 0 Å². The van der Waals surface area contributed by atoms with E-state index in [1.165, 1.54) is 0 Å². The fraction of sp³-hybridized carbons (Fsp3) is 0.200. The van der Waals surface area contributed by atoms with Crippen molar-refractivity contribution in [2.45, 2.75) is 38.2 Å². The lowest BCUT2D eigenvalue weighted by Gasteiger charge is -2.31. The van der Waals surface area contributed by atoms with E-state index in [0.29, 0.717) is 11.3 Å². The highest BCUT2D eigenvalue weighted by Crippen LogP contribution is 2.23. The number of amides is 1. The SMILES string of the molecule is O=C(COc1ccccc1)NC(CC(=O)OCc1ccccc1)(CC(=O)OCc1ccccc1)C(=O)OCc1ccccc1. The summed E-state index contributed by atoms with van der Waals surface area (Å²) >= 11 is 0. The maximum atomic E-state index is 13.8. The van der Waals surface area contributed by atoms with E-state index in [2.05, 4.69) is 5.32 Å². The summed E-state index contributed by atoms with van der Waals surface area (Å²) in [6.45, 7) is -0.789. The number of benzene rings is 4. The van der Waals surface area contributed by atoms with E-state index in [4.69, 9.17) is 18.9 Å². The van der Waals surface area contributed by atoms with Gasteiger partial charge in [-0.25, -0.2) is 4.79 Å². The minimum absolute atomic E-state index is 0.0711. The highest BCUT2D eigenvalue weighted by atomic mass is 16.5. The van der Waals surface area contributed by atoms with Crippen molar-refractivity contribution < 1.29 is 38.1 Å². The molecule has 0 bridgehead atoms. The van der Waals surface area contributed by atoms with E-state index in [1.54, 1.807) is 103 Å². The molecule has 0 spiro atoms. The van der Waals surface area contributed by atoms with Gasteiger partial charge in [-0.2, -0.15) is 0 Å². The molecule has 1 amide bonds. The first-order chi connectivity index (χ1) is 21.4. The van der Waals surface area contributed by atoms with Gasteiger partial charge in [0.25, 0.3) is 5.91 Å². The van der Waals surface area contributed by atoms with Crippen LogP contribution in [0.4, 0.5) is 0 Å². The zero-order valence-electron chi connectivity index (χ0n) is 24.1. The Morgan fingerprint density at radius 3 is 1.34 bits per heavy atom. The van der Waals surface area contributed by atoms with Crippen LogP contribution >= 0.6 is 0 Å². The number of esters is 3. The topological polar surface area (TPSA) is 117 Å². The molecule has 0 saturated carbocycles. The monoisotopic (exact) mass is 595 g/mol. The summed E-state index contributed by atoms with van der Waals surface area (Å²) in [4.78, 5) is 53.3. The molecule has 0 radical (unpaired) electrons. The molecule has 0 aliphatic carbocycles. The number of carbonyl (C=O) groups excluding carboxylic acids is 4. The highest BCUT2D eigenvalue weighted by Gasteiger charge is 2.47. The van der Waals surface area contributed by atoms with Gasteiger partial charge in [0.15, 0.2) is 12.1 Å². The molecule has 1 N–H and O–H groups in total. The van der Waals surface area contributed by atoms with Crippen LogP contribution in [0.2, 0.25) is 0 Å². The van der Waals surface area contributed by atoms with Crippen molar-refractivity contribution in [1.29, 1.82) is 0 Å². The second-order valence-corrected chi connectivity index (χ2v) is 9.94. The van der Waals surface area contributed by atoms with Crippen molar-refractivity contribution in [2.75, 3.05) is 6.61 Å². The predicted octanol–water partition coefficient (Wildman–Crippen LogP) is 4.93. The minimum atomic E-state index is -2.15. The van der Waals surface area contributed by atoms with Gasteiger partial charge in [-0.3, -0.25) is 14.4 Å². The molecule has 44 heavy (non-hydrogen) atoms. The fourth-order valence-electron chi connectivity index (χ4n) is 4.25. The standard InChI is InChI=1S/C35H33NO8/c37-31(26-41-30-19-11-4-12-20-30)36-35(34(40)44-25-29-17-9-3-10-18-29,21-32(38)42-23-27-13-5-1-6-14-27)22-33(39)43-24-28-15-7-2-8-16-28/h1-20H,21-26H2,(H,36,37). The Morgan fingerprint density at radius 2 is 0.909 bits per heavy atom. The molecule has 4 aromatic rings. The third kappa shape index (κ3) is 10.1. The maximum Gasteiger partial charge on any atom is 0.333 e. The van der Waals surface area contributed by atoms with Gasteiger partial charge in [0.2, 0.25) is 0 Å². The smallest absolute Gasteiger partial charge is 0.333 e. The summed E-state index contributed by atoms with van der Waals surface area (Å²) in [5.41, 5.74) is -0.0267. The Hall–Kier alpha value is -5.44. The van der Waals surface area contributed by atoms with Crippen LogP contribution in [0.3, 0.4) is 0 Å². The van der Waals surface area contributed by atoms with Gasteiger partial charge in [-0.15, -0.1) is 0 Å². The number of para-hydroxylation sites is 1. The molecule has 0 unspecified atom stereocenters. The number of ether oxygens (including phenoxy) is 4. The van der Waals surface area contributed by atoms with Crippen LogP contribution in [-0.4, -0.2) is 36.0 Å². The molecule has 0 saturated heterocycles. The lowest BCUT2D eigenvalue weighted by Crippen LogP contribution is -2.58. The molecule has 4 aromatic carbocycles. The van der Waals surface area contributed by atoms with Gasteiger partial charge >= 0.3 is 17.9 Å². The summed E-state index contributed by atoms with van der Waals surface area (Å²) in [5.74, 6) is -2.99. The Labute approximate surface area is 255 Å². The number of nitrogens with one attached hydrogen (secondary N) is 1. The Balaban J connectivity index is 1.56. The third-order valence-electron chi connectivity index (χ3n) is 6.47. The molecule has 9 heteroatoms. The normalized spacial score (nSPS) is 10.7. The zero-order valence-corrected chi connectivity index (χ0v) is 24.1. The quantitative estimate of drug-likeness (QED) is 0.152. The third-order valence-corrected chi connectivity index (χ3v) is 6.47. The first kappa shape index (κ1) is 31.5. The number of hydrogen-bond acceptors (Lipinski definition) is 8. The number of hydrogen-bond donors (Lipinski definition) is 1. The molecule has 0 heterocycles. The first-order valence-corrected chi connectivity index (χ1v) is 14.0. The summed E-state index contributed by atoms with van der Waals surface area (Å²) in [6, 6.07) is 35.4. The predicted molar refractivity (Wildman–Crippen MR) is 161 cm³/mol. The van der Waals surface area contributed by atoms with E-state index in [-0.39, 0.29) is 19.8 Å². The van der Waals surface area contributed by atoms with Crippen molar-refractivity contribution >= 4 is 23.8 Å². The highest BCUT2D eigenvalue weighted by molar-refractivity contribution is 5.95. The van der Waals surface area contributed by atoms with E-state index in [9.17, 15) is 19.2 Å². The van der Waals surface area contributed by atoms with Crippen LogP contribution in [-0.2, 0) is 53.2 Å². The Kier molecular flexibility index (Phi) is 11.6. The molecule has 226 valence electrons. The number of carbonyl (C=O) groups is 4. The largest absolute Gasteiger partial charge is 0.484 e. The lowest BCUT2D eigenvalue weighted by molar-refractivity contribution is -0.165. The fourth-order valence-corrected chi connectivity index (χ4v) is 4.25. The van der Waals surface area contributed by atoms with Crippen molar-refractivity contribution in [3.63, 3.8) is 0 Å². The number of rotatable bonds is 15. The summed E-state index contributed by atoms with van der Waals surface area (Å²) < 4.78 is 22.0. The molecule has 0 atom stereocenters. The Morgan fingerprint density at radius 1 is 0.523 bits per heavy atom. The van der Waals surface area contributed by atoms with Crippen LogP contribution in [0, 0.1) is 0 Å². The maximum absolute atomic E-state index is 13.8. The minimum Gasteiger partial charge on any atom is -0.484 e. The lowest BCUT2D eigenvalue weighted by atomic mass is 9.90. The van der Waals surface area contributed by atoms with Gasteiger partial charge in [-0.05, 0) is 28.8 Å². The summed E-state index contributed by atoms with van der Waals surface area (Å²) in [6.07, 6.45) is -1.38. The Bertz CT molecular complexity index is 1360. The van der Waals surface area contributed by atoms with Crippen molar-refractivity contribution in [3.8, 4) is 5.75 Å². The average Bonchev–Trinajstić information content (AvgIpc) is 3.06. The summed E-state index contributed by atoms with van der Waals surface area (Å²) in [5, 5.41) is 2.55. The van der Waals surface area contributed by atoms with Crippen LogP contribution in [0.5, 0.6) is 5.75 Å². The average molecular weight is 596 g/mol. The molecule has 0 aromatic heterocycles. The van der Waals surface area contributed by atoms with E-state index in [0.717, 1.165) is 11.1 Å². The molecule has 9 nitrogen and oxygen atoms in total. The van der Waals surface area contributed by atoms with Gasteiger partial charge in [0, 0.05) is 0 Å². The van der Waals surface area contributed by atoms with Gasteiger partial charge in [-0.1, -0.05) is 109 Å². The molecular weight excluding hydrogens is 562 g/mol. The zero-order chi connectivity index (χ0) is 31.0. The second kappa shape index (κ2) is 16.3. The van der Waals surface area contributed by atoms with Gasteiger partial charge < -0.3 is 24.3 Å². The molecule has 0 aliphatic heterocycles. The van der Waals surface area contributed by atoms with Crippen LogP contribution < -0.4 is 10.1 Å². The van der Waals surface area contributed by atoms with Crippen molar-refractivity contribution in [1.82, 2.24) is 5.32 Å². The molecular formula is C35H33NO8. The second-order valence-electron chi connectivity index (χ2n) is 9.94.